The number of alkyl halides is 2. The van der Waals surface area contributed by atoms with E-state index in [0.29, 0.717) is 6.42 Å². The number of likely N-dealkylation sites (tertiary alicyclic amines) is 1. The summed E-state index contributed by atoms with van der Waals surface area (Å²) in [5, 5.41) is 12.4. The first-order chi connectivity index (χ1) is 22.9. The van der Waals surface area contributed by atoms with Gasteiger partial charge in [0.25, 0.3) is 11.5 Å². The van der Waals surface area contributed by atoms with Gasteiger partial charge < -0.3 is 34.4 Å². The molecule has 256 valence electrons. The van der Waals surface area contributed by atoms with Crippen molar-refractivity contribution in [3.05, 3.63) is 87.8 Å². The Hall–Kier alpha value is -4.96. The van der Waals surface area contributed by atoms with Crippen LogP contribution in [0.1, 0.15) is 34.3 Å². The van der Waals surface area contributed by atoms with E-state index in [2.05, 4.69) is 10.1 Å². The fourth-order valence-corrected chi connectivity index (χ4v) is 5.95. The summed E-state index contributed by atoms with van der Waals surface area (Å²) in [7, 11) is 2.55. The second kappa shape index (κ2) is 14.4. The van der Waals surface area contributed by atoms with E-state index in [0.717, 1.165) is 45.9 Å². The zero-order valence-corrected chi connectivity index (χ0v) is 25.8. The number of aliphatic hydroxyl groups excluding tert-OH is 1. The van der Waals surface area contributed by atoms with E-state index in [-0.39, 0.29) is 42.4 Å². The Kier molecular flexibility index (Phi) is 10.3. The largest absolute Gasteiger partial charge is 0.497 e. The van der Waals surface area contributed by atoms with Gasteiger partial charge in [0.05, 0.1) is 19.8 Å². The number of amides is 3. The third kappa shape index (κ3) is 6.99. The Labute approximate surface area is 271 Å². The normalized spacial score (nSPS) is 19.9. The van der Waals surface area contributed by atoms with Gasteiger partial charge in [0.2, 0.25) is 11.8 Å². The van der Waals surface area contributed by atoms with Gasteiger partial charge in [-0.25, -0.2) is 8.78 Å². The number of halogens is 4. The van der Waals surface area contributed by atoms with Gasteiger partial charge in [-0.1, -0.05) is 0 Å². The minimum Gasteiger partial charge on any atom is -0.497 e. The molecule has 2 aliphatic heterocycles. The van der Waals surface area contributed by atoms with Crippen LogP contribution in [0.2, 0.25) is 0 Å². The number of carbonyl (C=O) groups excluding carboxylic acids is 3. The zero-order chi connectivity index (χ0) is 34.7. The third-order valence-corrected chi connectivity index (χ3v) is 8.27. The number of rotatable bonds is 11. The van der Waals surface area contributed by atoms with E-state index in [1.165, 1.54) is 37.4 Å². The van der Waals surface area contributed by atoms with Crippen molar-refractivity contribution < 1.29 is 51.3 Å². The summed E-state index contributed by atoms with van der Waals surface area (Å²) in [4.78, 5) is 56.9. The fraction of sp³-hybridized carbons (Fsp3) is 0.375. The van der Waals surface area contributed by atoms with Crippen LogP contribution in [0.15, 0.2) is 59.5 Å². The van der Waals surface area contributed by atoms with Crippen LogP contribution < -0.4 is 25.2 Å². The number of methoxy groups -OCH3 is 2. The van der Waals surface area contributed by atoms with Crippen LogP contribution in [0, 0.1) is 11.6 Å². The molecule has 0 spiro atoms. The predicted octanol–water partition coefficient (Wildman–Crippen LogP) is 2.45. The maximum Gasteiger partial charge on any atom is 0.387 e. The third-order valence-electron chi connectivity index (χ3n) is 8.27. The lowest BCUT2D eigenvalue weighted by atomic mass is 9.92. The summed E-state index contributed by atoms with van der Waals surface area (Å²) in [5.41, 5.74) is -1.65. The van der Waals surface area contributed by atoms with Gasteiger partial charge in [0.15, 0.2) is 0 Å². The number of anilines is 1. The first-order valence-electron chi connectivity index (χ1n) is 14.8. The molecule has 12 nitrogen and oxygen atoms in total. The molecule has 5 rings (SSSR count). The number of ether oxygens (including phenoxy) is 3. The minimum absolute atomic E-state index is 0.0715. The number of hydrogen-bond donors (Lipinski definition) is 2. The summed E-state index contributed by atoms with van der Waals surface area (Å²) < 4.78 is 71.5. The topological polar surface area (TPSA) is 140 Å². The molecule has 0 aliphatic carbocycles. The lowest BCUT2D eigenvalue weighted by Gasteiger charge is -2.25. The number of aliphatic hydroxyl groups is 1. The molecular weight excluding hydrogens is 644 g/mol. The molecule has 0 saturated carbocycles. The molecule has 48 heavy (non-hydrogen) atoms. The van der Waals surface area contributed by atoms with E-state index in [1.807, 2.05) is 0 Å². The number of aromatic nitrogens is 1. The number of carbonyl (C=O) groups is 3. The lowest BCUT2D eigenvalue weighted by Crippen LogP contribution is -2.45. The van der Waals surface area contributed by atoms with E-state index >= 15 is 8.78 Å². The maximum absolute atomic E-state index is 15.4. The molecular formula is C32H32F4N4O8. The first-order valence-corrected chi connectivity index (χ1v) is 14.8. The van der Waals surface area contributed by atoms with E-state index < -0.39 is 77.7 Å². The van der Waals surface area contributed by atoms with Crippen molar-refractivity contribution in [3.8, 4) is 11.5 Å². The molecule has 2 aromatic carbocycles. The molecule has 0 bridgehead atoms. The van der Waals surface area contributed by atoms with Crippen LogP contribution in [0.3, 0.4) is 0 Å². The Balaban J connectivity index is 1.51. The van der Waals surface area contributed by atoms with Gasteiger partial charge in [0, 0.05) is 62.1 Å². The Morgan fingerprint density at radius 3 is 2.29 bits per heavy atom. The highest BCUT2D eigenvalue weighted by molar-refractivity contribution is 6.05. The van der Waals surface area contributed by atoms with Crippen molar-refractivity contribution in [1.29, 1.82) is 0 Å². The minimum atomic E-state index is -3.10. The number of hydrogen-bond acceptors (Lipinski definition) is 8. The Morgan fingerprint density at radius 1 is 1.02 bits per heavy atom. The lowest BCUT2D eigenvalue weighted by molar-refractivity contribution is -0.135. The monoisotopic (exact) mass is 676 g/mol. The Bertz CT molecular complexity index is 1710. The molecule has 0 radical (unpaired) electrons. The molecule has 2 aliphatic rings. The van der Waals surface area contributed by atoms with Crippen molar-refractivity contribution in [1.82, 2.24) is 14.8 Å². The van der Waals surface area contributed by atoms with E-state index in [4.69, 9.17) is 9.47 Å². The summed E-state index contributed by atoms with van der Waals surface area (Å²) in [6, 6.07) is 6.33. The summed E-state index contributed by atoms with van der Waals surface area (Å²) in [6.45, 7) is -3.43. The molecule has 16 heteroatoms. The highest BCUT2D eigenvalue weighted by atomic mass is 19.3. The second-order valence-electron chi connectivity index (χ2n) is 11.2. The average Bonchev–Trinajstić information content (AvgIpc) is 3.62. The quantitative estimate of drug-likeness (QED) is 0.296. The second-order valence-corrected chi connectivity index (χ2v) is 11.2. The van der Waals surface area contributed by atoms with Crippen molar-refractivity contribution in [2.75, 3.05) is 45.4 Å². The van der Waals surface area contributed by atoms with E-state index in [9.17, 15) is 33.1 Å². The van der Waals surface area contributed by atoms with Gasteiger partial charge in [-0.05, 0) is 42.8 Å². The zero-order valence-electron chi connectivity index (χ0n) is 25.8. The fourth-order valence-electron chi connectivity index (χ4n) is 5.95. The summed E-state index contributed by atoms with van der Waals surface area (Å²) in [6.07, 6.45) is 0.985. The van der Waals surface area contributed by atoms with Gasteiger partial charge in [-0.3, -0.25) is 23.7 Å². The highest BCUT2D eigenvalue weighted by Gasteiger charge is 2.46. The predicted molar refractivity (Wildman–Crippen MR) is 161 cm³/mol. The van der Waals surface area contributed by atoms with Crippen molar-refractivity contribution in [2.45, 2.75) is 37.1 Å². The van der Waals surface area contributed by atoms with Crippen LogP contribution in [0.4, 0.5) is 23.2 Å². The molecule has 1 unspecified atom stereocenters. The SMILES string of the molecule is COCC(C(=O)N1CC[C@@H](O)C1)n1cccc(N2C[C@@H](c3c(F)cc(OC)cc3F)[C@H](NC(=O)c3ccc(OC(F)F)cc3)C2=O)c1=O. The summed E-state index contributed by atoms with van der Waals surface area (Å²) >= 11 is 0. The maximum atomic E-state index is 15.4. The highest BCUT2D eigenvalue weighted by Crippen LogP contribution is 2.36. The molecule has 3 heterocycles. The molecule has 2 saturated heterocycles. The number of β-amino-alcohol motifs (C(OH)–C–C–N with tert-alkyl or cyclic N) is 1. The van der Waals surface area contributed by atoms with Crippen LogP contribution in [0.5, 0.6) is 11.5 Å². The van der Waals surface area contributed by atoms with Crippen molar-refractivity contribution in [2.24, 2.45) is 0 Å². The van der Waals surface area contributed by atoms with E-state index in [1.54, 1.807) is 0 Å². The van der Waals surface area contributed by atoms with Crippen molar-refractivity contribution in [3.63, 3.8) is 0 Å². The molecule has 3 aromatic rings. The van der Waals surface area contributed by atoms with Crippen molar-refractivity contribution >= 4 is 23.4 Å². The number of nitrogens with zero attached hydrogens (tertiary/aromatic N) is 3. The van der Waals surface area contributed by atoms with Gasteiger partial charge >= 0.3 is 6.61 Å². The molecule has 3 amide bonds. The Morgan fingerprint density at radius 2 is 1.71 bits per heavy atom. The number of benzene rings is 2. The molecule has 2 fully saturated rings. The van der Waals surface area contributed by atoms with Crippen LogP contribution in [-0.4, -0.2) is 91.5 Å². The van der Waals surface area contributed by atoms with Crippen LogP contribution in [0.25, 0.3) is 0 Å². The number of pyridine rings is 1. The van der Waals surface area contributed by atoms with Crippen LogP contribution in [-0.2, 0) is 14.3 Å². The molecule has 1 aromatic heterocycles. The average molecular weight is 677 g/mol. The number of nitrogens with one attached hydrogen (secondary N) is 1. The first kappa shape index (κ1) is 34.4. The molecule has 2 N–H and O–H groups in total. The smallest absolute Gasteiger partial charge is 0.387 e. The molecule has 4 atom stereocenters. The summed E-state index contributed by atoms with van der Waals surface area (Å²) in [5.74, 6) is -6.09. The van der Waals surface area contributed by atoms with Crippen LogP contribution >= 0.6 is 0 Å². The standard InChI is InChI=1S/C32H32F4N4O8/c1-46-16-25(29(43)38-11-9-18(41)14-38)39-10-3-4-24(30(39)44)40-15-21(26-22(33)12-20(47-2)13-23(26)34)27(31(40)45)37-28(42)17-5-7-19(8-6-17)48-32(35)36/h3-8,10,12-13,18,21,25,27,32,41H,9,11,14-16H2,1-2H3,(H,37,42)/t18-,21+,25?,27+/m1/s1. The van der Waals surface area contributed by atoms with Gasteiger partial charge in [-0.2, -0.15) is 8.78 Å². The van der Waals surface area contributed by atoms with Gasteiger partial charge in [-0.15, -0.1) is 0 Å². The van der Waals surface area contributed by atoms with Gasteiger partial charge in [0.1, 0.15) is 40.9 Å².